The van der Waals surface area contributed by atoms with Gasteiger partial charge in [-0.15, -0.1) is 0 Å². The maximum absolute atomic E-state index is 12.4. The summed E-state index contributed by atoms with van der Waals surface area (Å²) in [5, 5.41) is 2.49. The van der Waals surface area contributed by atoms with Crippen molar-refractivity contribution >= 4 is 17.6 Å². The number of piperidine rings is 1. The molecule has 0 aliphatic carbocycles. The number of halogens is 3. The fourth-order valence-corrected chi connectivity index (χ4v) is 2.45. The van der Waals surface area contributed by atoms with Gasteiger partial charge in [0.25, 0.3) is 0 Å². The molecular weight excluding hydrogens is 313 g/mol. The van der Waals surface area contributed by atoms with Crippen LogP contribution in [0.5, 0.6) is 0 Å². The van der Waals surface area contributed by atoms with E-state index >= 15 is 0 Å². The third-order valence-corrected chi connectivity index (χ3v) is 3.85. The van der Waals surface area contributed by atoms with E-state index in [2.05, 4.69) is 10.3 Å². The van der Waals surface area contributed by atoms with E-state index in [1.165, 1.54) is 4.90 Å². The highest BCUT2D eigenvalue weighted by Gasteiger charge is 2.33. The molecule has 1 aromatic heterocycles. The summed E-state index contributed by atoms with van der Waals surface area (Å²) in [7, 11) is 0. The number of hydrogen-bond donors (Lipinski definition) is 2. The van der Waals surface area contributed by atoms with E-state index in [1.54, 1.807) is 0 Å². The minimum Gasteiger partial charge on any atom is -0.369 e. The van der Waals surface area contributed by atoms with E-state index in [9.17, 15) is 22.8 Å². The summed E-state index contributed by atoms with van der Waals surface area (Å²) in [6, 6.07) is 1.34. The van der Waals surface area contributed by atoms with E-state index in [0.717, 1.165) is 18.3 Å². The van der Waals surface area contributed by atoms with Crippen molar-refractivity contribution in [3.8, 4) is 0 Å². The topological polar surface area (TPSA) is 88.3 Å². The van der Waals surface area contributed by atoms with Crippen molar-refractivity contribution in [2.75, 3.05) is 11.9 Å². The molecule has 0 saturated carbocycles. The fraction of sp³-hybridized carbons (Fsp3) is 0.500. The van der Waals surface area contributed by atoms with Crippen LogP contribution in [0.3, 0.4) is 0 Å². The van der Waals surface area contributed by atoms with Crippen molar-refractivity contribution < 1.29 is 22.8 Å². The zero-order valence-electron chi connectivity index (χ0n) is 12.4. The SMILES string of the molecule is C[C@@H]1CC[C@@H](C(N)=O)CN1C(=O)Nc1ccc(C(F)(F)F)nc1. The average molecular weight is 330 g/mol. The van der Waals surface area contributed by atoms with Crippen LogP contribution in [0.25, 0.3) is 0 Å². The molecule has 2 atom stereocenters. The van der Waals surface area contributed by atoms with Gasteiger partial charge in [-0.3, -0.25) is 4.79 Å². The summed E-state index contributed by atoms with van der Waals surface area (Å²) >= 11 is 0. The van der Waals surface area contributed by atoms with Gasteiger partial charge in [-0.05, 0) is 31.9 Å². The molecule has 23 heavy (non-hydrogen) atoms. The Morgan fingerprint density at radius 2 is 2.04 bits per heavy atom. The predicted octanol–water partition coefficient (Wildman–Crippen LogP) is 2.22. The number of urea groups is 1. The summed E-state index contributed by atoms with van der Waals surface area (Å²) in [5.41, 5.74) is 4.39. The molecule has 1 aromatic rings. The Hall–Kier alpha value is -2.32. The number of amides is 3. The van der Waals surface area contributed by atoms with Gasteiger partial charge in [-0.25, -0.2) is 9.78 Å². The maximum atomic E-state index is 12.4. The second kappa shape index (κ2) is 6.43. The van der Waals surface area contributed by atoms with Gasteiger partial charge >= 0.3 is 12.2 Å². The molecule has 0 aromatic carbocycles. The van der Waals surface area contributed by atoms with Gasteiger partial charge in [0.15, 0.2) is 0 Å². The zero-order valence-corrected chi connectivity index (χ0v) is 12.4. The summed E-state index contributed by atoms with van der Waals surface area (Å²) in [5.74, 6) is -0.881. The summed E-state index contributed by atoms with van der Waals surface area (Å²) in [4.78, 5) is 28.2. The molecule has 1 fully saturated rings. The van der Waals surface area contributed by atoms with Gasteiger partial charge < -0.3 is 16.0 Å². The molecule has 1 saturated heterocycles. The molecule has 1 aliphatic rings. The van der Waals surface area contributed by atoms with Crippen LogP contribution in [0.1, 0.15) is 25.5 Å². The van der Waals surface area contributed by atoms with Gasteiger partial charge in [0.2, 0.25) is 5.91 Å². The van der Waals surface area contributed by atoms with Crippen molar-refractivity contribution in [3.63, 3.8) is 0 Å². The molecule has 0 bridgehead atoms. The first kappa shape index (κ1) is 17.0. The van der Waals surface area contributed by atoms with E-state index in [4.69, 9.17) is 5.73 Å². The number of primary amides is 1. The molecule has 3 N–H and O–H groups in total. The Bertz CT molecular complexity index is 589. The Morgan fingerprint density at radius 1 is 1.35 bits per heavy atom. The van der Waals surface area contributed by atoms with E-state index in [-0.39, 0.29) is 18.3 Å². The molecule has 0 unspecified atom stereocenters. The Kier molecular flexibility index (Phi) is 4.76. The van der Waals surface area contributed by atoms with Gasteiger partial charge in [0, 0.05) is 12.6 Å². The van der Waals surface area contributed by atoms with Gasteiger partial charge in [0.05, 0.1) is 17.8 Å². The molecule has 2 heterocycles. The molecule has 9 heteroatoms. The summed E-state index contributed by atoms with van der Waals surface area (Å²) in [6.07, 6.45) is -2.34. The number of alkyl halides is 3. The van der Waals surface area contributed by atoms with Crippen molar-refractivity contribution in [1.29, 1.82) is 0 Å². The molecule has 3 amide bonds. The first-order chi connectivity index (χ1) is 10.7. The molecule has 0 radical (unpaired) electrons. The number of pyridine rings is 1. The van der Waals surface area contributed by atoms with Crippen LogP contribution in [0.4, 0.5) is 23.7 Å². The lowest BCUT2D eigenvalue weighted by Gasteiger charge is -2.36. The van der Waals surface area contributed by atoms with Crippen LogP contribution in [-0.2, 0) is 11.0 Å². The number of nitrogens with zero attached hydrogens (tertiary/aromatic N) is 2. The normalized spacial score (nSPS) is 21.8. The third kappa shape index (κ3) is 4.11. The van der Waals surface area contributed by atoms with Crippen molar-refractivity contribution in [2.45, 2.75) is 32.0 Å². The lowest BCUT2D eigenvalue weighted by atomic mass is 9.93. The molecule has 6 nitrogen and oxygen atoms in total. The van der Waals surface area contributed by atoms with Gasteiger partial charge in [-0.2, -0.15) is 13.2 Å². The number of rotatable bonds is 2. The van der Waals surface area contributed by atoms with Crippen LogP contribution in [-0.4, -0.2) is 34.4 Å². The second-order valence-corrected chi connectivity index (χ2v) is 5.54. The lowest BCUT2D eigenvalue weighted by Crippen LogP contribution is -2.50. The zero-order chi connectivity index (χ0) is 17.2. The number of hydrogen-bond acceptors (Lipinski definition) is 3. The highest BCUT2D eigenvalue weighted by molar-refractivity contribution is 5.90. The van der Waals surface area contributed by atoms with Crippen molar-refractivity contribution in [3.05, 3.63) is 24.0 Å². The summed E-state index contributed by atoms with van der Waals surface area (Å²) in [6.45, 7) is 2.03. The number of likely N-dealkylation sites (tertiary alicyclic amines) is 1. The van der Waals surface area contributed by atoms with Crippen LogP contribution >= 0.6 is 0 Å². The minimum absolute atomic E-state index is 0.0898. The maximum Gasteiger partial charge on any atom is 0.433 e. The van der Waals surface area contributed by atoms with Crippen molar-refractivity contribution in [2.24, 2.45) is 11.7 Å². The predicted molar refractivity (Wildman–Crippen MR) is 76.3 cm³/mol. The molecule has 126 valence electrons. The average Bonchev–Trinajstić information content (AvgIpc) is 2.47. The largest absolute Gasteiger partial charge is 0.433 e. The molecule has 1 aliphatic heterocycles. The van der Waals surface area contributed by atoms with E-state index < -0.39 is 29.7 Å². The highest BCUT2D eigenvalue weighted by Crippen LogP contribution is 2.28. The Balaban J connectivity index is 2.04. The standard InChI is InChI=1S/C14H17F3N4O2/c1-8-2-3-9(12(18)22)7-21(8)13(23)20-10-4-5-11(19-6-10)14(15,16)17/h4-6,8-9H,2-3,7H2,1H3,(H2,18,22)(H,20,23)/t8-,9-/m1/s1. The Morgan fingerprint density at radius 3 is 2.57 bits per heavy atom. The first-order valence-electron chi connectivity index (χ1n) is 7.08. The third-order valence-electron chi connectivity index (χ3n) is 3.85. The quantitative estimate of drug-likeness (QED) is 0.871. The number of anilines is 1. The minimum atomic E-state index is -4.53. The Labute approximate surface area is 130 Å². The smallest absolute Gasteiger partial charge is 0.369 e. The van der Waals surface area contributed by atoms with E-state index in [1.807, 2.05) is 6.92 Å². The fourth-order valence-electron chi connectivity index (χ4n) is 2.45. The van der Waals surface area contributed by atoms with E-state index in [0.29, 0.717) is 12.8 Å². The van der Waals surface area contributed by atoms with Crippen LogP contribution < -0.4 is 11.1 Å². The highest BCUT2D eigenvalue weighted by atomic mass is 19.4. The number of carbonyl (C=O) groups is 2. The number of aromatic nitrogens is 1. The molecule has 0 spiro atoms. The molecule has 2 rings (SSSR count). The number of carbonyl (C=O) groups excluding carboxylic acids is 2. The van der Waals surface area contributed by atoms with Crippen molar-refractivity contribution in [1.82, 2.24) is 9.88 Å². The van der Waals surface area contributed by atoms with Gasteiger partial charge in [-0.1, -0.05) is 0 Å². The summed E-state index contributed by atoms with van der Waals surface area (Å²) < 4.78 is 37.3. The monoisotopic (exact) mass is 330 g/mol. The number of nitrogens with two attached hydrogens (primary N) is 1. The second-order valence-electron chi connectivity index (χ2n) is 5.54. The first-order valence-corrected chi connectivity index (χ1v) is 7.08. The molecular formula is C14H17F3N4O2. The van der Waals surface area contributed by atoms with Crippen LogP contribution in [0.15, 0.2) is 18.3 Å². The van der Waals surface area contributed by atoms with Gasteiger partial charge in [0.1, 0.15) is 5.69 Å². The van der Waals surface area contributed by atoms with Crippen LogP contribution in [0, 0.1) is 5.92 Å². The lowest BCUT2D eigenvalue weighted by molar-refractivity contribution is -0.141. The number of nitrogens with one attached hydrogen (secondary N) is 1. The van der Waals surface area contributed by atoms with Crippen LogP contribution in [0.2, 0.25) is 0 Å².